The number of nitrogens with zero attached hydrogens (tertiary/aromatic N) is 1. The fraction of sp³-hybridized carbons (Fsp3) is 0.263. The first-order chi connectivity index (χ1) is 12.8. The molecule has 0 atom stereocenters. The molecule has 2 amide bonds. The summed E-state index contributed by atoms with van der Waals surface area (Å²) in [6.45, 7) is 0.784. The van der Waals surface area contributed by atoms with E-state index in [-0.39, 0.29) is 29.7 Å². The molecular weight excluding hydrogens is 378 g/mol. The molecule has 0 saturated heterocycles. The van der Waals surface area contributed by atoms with E-state index in [0.717, 1.165) is 5.56 Å². The number of carbonyl (C=O) groups is 2. The highest BCUT2D eigenvalue weighted by molar-refractivity contribution is 6.31. The number of hydrogen-bond donors (Lipinski definition) is 1. The summed E-state index contributed by atoms with van der Waals surface area (Å²) in [7, 11) is 0. The number of likely N-dealkylation sites (N-methyl/N-ethyl adjacent to an activating group) is 1. The number of nitrogens with one attached hydrogen (secondary N) is 1. The predicted octanol–water partition coefficient (Wildman–Crippen LogP) is 4.35. The molecule has 0 radical (unpaired) electrons. The number of amides is 2. The second-order valence-electron chi connectivity index (χ2n) is 5.73. The summed E-state index contributed by atoms with van der Waals surface area (Å²) in [5.41, 5.74) is 1.69. The maximum Gasteiger partial charge on any atom is 0.387 e. The van der Waals surface area contributed by atoms with E-state index in [0.29, 0.717) is 17.3 Å². The van der Waals surface area contributed by atoms with E-state index in [2.05, 4.69) is 10.1 Å². The molecule has 0 spiro atoms. The van der Waals surface area contributed by atoms with Gasteiger partial charge in [-0.05, 0) is 55.8 Å². The smallest absolute Gasteiger partial charge is 0.387 e. The number of alkyl halides is 2. The van der Waals surface area contributed by atoms with Gasteiger partial charge in [-0.25, -0.2) is 0 Å². The molecule has 0 aliphatic heterocycles. The molecule has 0 bridgehead atoms. The SMILES string of the molecule is CCN(CC(=O)Nc1cc(Cl)ccc1C)C(=O)c1ccc(OC(F)F)cc1. The predicted molar refractivity (Wildman–Crippen MR) is 99.5 cm³/mol. The maximum absolute atomic E-state index is 12.6. The molecular formula is C19H19ClF2N2O3. The van der Waals surface area contributed by atoms with Gasteiger partial charge in [0, 0.05) is 22.8 Å². The molecule has 0 aliphatic carbocycles. The molecule has 2 aromatic rings. The molecule has 0 heterocycles. The average Bonchev–Trinajstić information content (AvgIpc) is 2.62. The van der Waals surface area contributed by atoms with Gasteiger partial charge in [-0.2, -0.15) is 8.78 Å². The summed E-state index contributed by atoms with van der Waals surface area (Å²) in [5, 5.41) is 3.22. The standard InChI is InChI=1S/C19H19ClF2N2O3/c1-3-24(11-17(25)23-16-10-14(20)7-4-12(16)2)18(26)13-5-8-15(9-6-13)27-19(21)22/h4-10,19H,3,11H2,1-2H3,(H,23,25). The van der Waals surface area contributed by atoms with Gasteiger partial charge in [0.15, 0.2) is 0 Å². The monoisotopic (exact) mass is 396 g/mol. The van der Waals surface area contributed by atoms with Crippen molar-refractivity contribution in [3.05, 3.63) is 58.6 Å². The Bertz CT molecular complexity index is 813. The zero-order chi connectivity index (χ0) is 20.0. The molecule has 144 valence electrons. The summed E-state index contributed by atoms with van der Waals surface area (Å²) in [6.07, 6.45) is 0. The first kappa shape index (κ1) is 20.6. The maximum atomic E-state index is 12.6. The van der Waals surface area contributed by atoms with Gasteiger partial charge in [0.2, 0.25) is 5.91 Å². The minimum absolute atomic E-state index is 0.0428. The van der Waals surface area contributed by atoms with E-state index in [1.54, 1.807) is 25.1 Å². The molecule has 2 rings (SSSR count). The van der Waals surface area contributed by atoms with Crippen molar-refractivity contribution in [3.8, 4) is 5.75 Å². The summed E-state index contributed by atoms with van der Waals surface area (Å²) in [6, 6.07) is 10.4. The van der Waals surface area contributed by atoms with Crippen molar-refractivity contribution in [2.45, 2.75) is 20.5 Å². The van der Waals surface area contributed by atoms with Gasteiger partial charge in [-0.3, -0.25) is 9.59 Å². The number of anilines is 1. The molecule has 2 aromatic carbocycles. The lowest BCUT2D eigenvalue weighted by molar-refractivity contribution is -0.116. The van der Waals surface area contributed by atoms with E-state index < -0.39 is 6.61 Å². The fourth-order valence-electron chi connectivity index (χ4n) is 2.38. The van der Waals surface area contributed by atoms with Gasteiger partial charge in [-0.15, -0.1) is 0 Å². The molecule has 5 nitrogen and oxygen atoms in total. The minimum Gasteiger partial charge on any atom is -0.435 e. The highest BCUT2D eigenvalue weighted by Crippen LogP contribution is 2.20. The molecule has 0 saturated carbocycles. The number of hydrogen-bond acceptors (Lipinski definition) is 3. The zero-order valence-electron chi connectivity index (χ0n) is 14.8. The van der Waals surface area contributed by atoms with Gasteiger partial charge in [-0.1, -0.05) is 17.7 Å². The van der Waals surface area contributed by atoms with Crippen molar-refractivity contribution in [1.82, 2.24) is 4.90 Å². The van der Waals surface area contributed by atoms with Crippen molar-refractivity contribution < 1.29 is 23.1 Å². The molecule has 27 heavy (non-hydrogen) atoms. The van der Waals surface area contributed by atoms with Crippen LogP contribution in [0.4, 0.5) is 14.5 Å². The highest BCUT2D eigenvalue weighted by Gasteiger charge is 2.18. The van der Waals surface area contributed by atoms with Crippen LogP contribution in [0, 0.1) is 6.92 Å². The molecule has 0 aliphatic rings. The van der Waals surface area contributed by atoms with Gasteiger partial charge >= 0.3 is 6.61 Å². The van der Waals surface area contributed by atoms with Crippen LogP contribution in [-0.2, 0) is 4.79 Å². The van der Waals surface area contributed by atoms with Crippen LogP contribution in [0.2, 0.25) is 5.02 Å². The lowest BCUT2D eigenvalue weighted by Gasteiger charge is -2.21. The van der Waals surface area contributed by atoms with Crippen molar-refractivity contribution in [2.75, 3.05) is 18.4 Å². The van der Waals surface area contributed by atoms with Crippen LogP contribution in [0.25, 0.3) is 0 Å². The number of rotatable bonds is 7. The Morgan fingerprint density at radius 3 is 2.44 bits per heavy atom. The first-order valence-electron chi connectivity index (χ1n) is 8.20. The Morgan fingerprint density at radius 1 is 1.19 bits per heavy atom. The fourth-order valence-corrected chi connectivity index (χ4v) is 2.55. The largest absolute Gasteiger partial charge is 0.435 e. The Balaban J connectivity index is 2.03. The van der Waals surface area contributed by atoms with E-state index in [4.69, 9.17) is 11.6 Å². The topological polar surface area (TPSA) is 58.6 Å². The third-order valence-electron chi connectivity index (χ3n) is 3.80. The van der Waals surface area contributed by atoms with Crippen LogP contribution in [0.3, 0.4) is 0 Å². The molecule has 1 N–H and O–H groups in total. The van der Waals surface area contributed by atoms with Crippen molar-refractivity contribution in [1.29, 1.82) is 0 Å². The van der Waals surface area contributed by atoms with Crippen molar-refractivity contribution in [3.63, 3.8) is 0 Å². The summed E-state index contributed by atoms with van der Waals surface area (Å²) in [5.74, 6) is -0.800. The quantitative estimate of drug-likeness (QED) is 0.756. The van der Waals surface area contributed by atoms with Gasteiger partial charge in [0.1, 0.15) is 12.3 Å². The molecule has 0 fully saturated rings. The van der Waals surface area contributed by atoms with Crippen LogP contribution in [0.15, 0.2) is 42.5 Å². The van der Waals surface area contributed by atoms with Crippen molar-refractivity contribution in [2.24, 2.45) is 0 Å². The van der Waals surface area contributed by atoms with Gasteiger partial charge in [0.05, 0.1) is 0 Å². The summed E-state index contributed by atoms with van der Waals surface area (Å²) < 4.78 is 28.6. The Morgan fingerprint density at radius 2 is 1.85 bits per heavy atom. The number of ether oxygens (including phenoxy) is 1. The second-order valence-corrected chi connectivity index (χ2v) is 6.17. The summed E-state index contributed by atoms with van der Waals surface area (Å²) in [4.78, 5) is 26.2. The van der Waals surface area contributed by atoms with Crippen LogP contribution < -0.4 is 10.1 Å². The van der Waals surface area contributed by atoms with E-state index in [9.17, 15) is 18.4 Å². The normalized spacial score (nSPS) is 10.6. The third-order valence-corrected chi connectivity index (χ3v) is 4.04. The number of benzene rings is 2. The van der Waals surface area contributed by atoms with E-state index in [1.165, 1.54) is 29.2 Å². The zero-order valence-corrected chi connectivity index (χ0v) is 15.6. The number of aryl methyl sites for hydroxylation is 1. The Hall–Kier alpha value is -2.67. The van der Waals surface area contributed by atoms with Crippen LogP contribution in [0.1, 0.15) is 22.8 Å². The van der Waals surface area contributed by atoms with Gasteiger partial charge < -0.3 is 15.0 Å². The Kier molecular flexibility index (Phi) is 7.12. The molecule has 0 aromatic heterocycles. The molecule has 0 unspecified atom stereocenters. The van der Waals surface area contributed by atoms with Crippen LogP contribution in [0.5, 0.6) is 5.75 Å². The molecule has 8 heteroatoms. The second kappa shape index (κ2) is 9.32. The summed E-state index contributed by atoms with van der Waals surface area (Å²) >= 11 is 5.94. The highest BCUT2D eigenvalue weighted by atomic mass is 35.5. The first-order valence-corrected chi connectivity index (χ1v) is 8.58. The lowest BCUT2D eigenvalue weighted by Crippen LogP contribution is -2.37. The van der Waals surface area contributed by atoms with Crippen LogP contribution >= 0.6 is 11.6 Å². The van der Waals surface area contributed by atoms with E-state index >= 15 is 0 Å². The average molecular weight is 397 g/mol. The lowest BCUT2D eigenvalue weighted by atomic mass is 10.2. The minimum atomic E-state index is -2.93. The van der Waals surface area contributed by atoms with Crippen LogP contribution in [-0.4, -0.2) is 36.4 Å². The number of carbonyl (C=O) groups excluding carboxylic acids is 2. The Labute approximate surface area is 160 Å². The number of halogens is 3. The van der Waals surface area contributed by atoms with E-state index in [1.807, 2.05) is 6.92 Å². The van der Waals surface area contributed by atoms with Gasteiger partial charge in [0.25, 0.3) is 5.91 Å². The third kappa shape index (κ3) is 5.92. The van der Waals surface area contributed by atoms with Crippen molar-refractivity contribution >= 4 is 29.1 Å².